The fourth-order valence-electron chi connectivity index (χ4n) is 2.46. The minimum atomic E-state index is 0.542. The van der Waals surface area contributed by atoms with Crippen LogP contribution in [-0.2, 0) is 6.54 Å². The quantitative estimate of drug-likeness (QED) is 0.709. The Balaban J connectivity index is 2.82. The highest BCUT2D eigenvalue weighted by Crippen LogP contribution is 2.22. The molecular weight excluding hydrogens is 244 g/mol. The molecule has 0 atom stereocenters. The summed E-state index contributed by atoms with van der Waals surface area (Å²) in [5.41, 5.74) is 4.15. The number of aryl methyl sites for hydroxylation is 1. The average molecular weight is 276 g/mol. The van der Waals surface area contributed by atoms with Gasteiger partial charge in [0.25, 0.3) is 0 Å². The second-order valence-corrected chi connectivity index (χ2v) is 6.43. The fourth-order valence-corrected chi connectivity index (χ4v) is 2.46. The number of nitrogens with one attached hydrogen (secondary N) is 1. The zero-order valence-electron chi connectivity index (χ0n) is 14.2. The van der Waals surface area contributed by atoms with Crippen LogP contribution in [-0.4, -0.2) is 19.1 Å². The van der Waals surface area contributed by atoms with Gasteiger partial charge in [0.15, 0.2) is 0 Å². The van der Waals surface area contributed by atoms with E-state index in [1.807, 2.05) is 0 Å². The van der Waals surface area contributed by atoms with Gasteiger partial charge in [0.05, 0.1) is 0 Å². The number of hydrogen-bond donors (Lipinski definition) is 1. The summed E-state index contributed by atoms with van der Waals surface area (Å²) in [4.78, 5) is 2.50. The number of hydrogen-bond acceptors (Lipinski definition) is 2. The van der Waals surface area contributed by atoms with Crippen LogP contribution in [0.4, 0.5) is 5.69 Å². The summed E-state index contributed by atoms with van der Waals surface area (Å²) < 4.78 is 0. The van der Waals surface area contributed by atoms with Crippen LogP contribution in [0.25, 0.3) is 0 Å². The summed E-state index contributed by atoms with van der Waals surface area (Å²) in [5.74, 6) is 0.684. The maximum atomic E-state index is 3.48. The van der Waals surface area contributed by atoms with Gasteiger partial charge in [-0.1, -0.05) is 26.8 Å². The van der Waals surface area contributed by atoms with Gasteiger partial charge in [0, 0.05) is 24.8 Å². The first-order valence-corrected chi connectivity index (χ1v) is 8.02. The lowest BCUT2D eigenvalue weighted by Gasteiger charge is -2.31. The topological polar surface area (TPSA) is 15.3 Å². The molecule has 0 fully saturated rings. The van der Waals surface area contributed by atoms with Crippen molar-refractivity contribution in [2.75, 3.05) is 18.0 Å². The van der Waals surface area contributed by atoms with Crippen LogP contribution < -0.4 is 10.2 Å². The van der Waals surface area contributed by atoms with Gasteiger partial charge >= 0.3 is 0 Å². The molecule has 1 N–H and O–H groups in total. The van der Waals surface area contributed by atoms with Crippen LogP contribution in [0.1, 0.15) is 52.2 Å². The number of anilines is 1. The van der Waals surface area contributed by atoms with Gasteiger partial charge in [-0.25, -0.2) is 0 Å². The maximum Gasteiger partial charge on any atom is 0.0371 e. The Morgan fingerprint density at radius 2 is 1.85 bits per heavy atom. The molecule has 2 nitrogen and oxygen atoms in total. The van der Waals surface area contributed by atoms with Crippen LogP contribution >= 0.6 is 0 Å². The van der Waals surface area contributed by atoms with E-state index in [0.717, 1.165) is 19.6 Å². The van der Waals surface area contributed by atoms with Crippen LogP contribution in [0.5, 0.6) is 0 Å². The lowest BCUT2D eigenvalue weighted by molar-refractivity contribution is 0.571. The van der Waals surface area contributed by atoms with Gasteiger partial charge in [0.1, 0.15) is 0 Å². The van der Waals surface area contributed by atoms with Crippen molar-refractivity contribution in [1.82, 2.24) is 5.32 Å². The molecule has 0 aliphatic rings. The summed E-state index contributed by atoms with van der Waals surface area (Å²) in [6.07, 6.45) is 1.19. The SMILES string of the molecule is CCCNCc1ccc(N(CC(C)C)C(C)C)cc1C. The predicted molar refractivity (Wildman–Crippen MR) is 90.5 cm³/mol. The van der Waals surface area contributed by atoms with Crippen molar-refractivity contribution in [3.05, 3.63) is 29.3 Å². The first-order valence-electron chi connectivity index (χ1n) is 8.02. The van der Waals surface area contributed by atoms with E-state index in [4.69, 9.17) is 0 Å². The monoisotopic (exact) mass is 276 g/mol. The third-order valence-corrected chi connectivity index (χ3v) is 3.59. The molecule has 0 saturated heterocycles. The Labute approximate surface area is 125 Å². The van der Waals surface area contributed by atoms with Crippen molar-refractivity contribution < 1.29 is 0 Å². The Kier molecular flexibility index (Phi) is 7.08. The smallest absolute Gasteiger partial charge is 0.0371 e. The van der Waals surface area contributed by atoms with E-state index in [9.17, 15) is 0 Å². The largest absolute Gasteiger partial charge is 0.369 e. The predicted octanol–water partition coefficient (Wildman–Crippen LogP) is 4.37. The highest BCUT2D eigenvalue weighted by atomic mass is 15.2. The standard InChI is InChI=1S/C18H32N2/c1-7-10-19-12-17-8-9-18(11-16(17)6)20(15(4)5)13-14(2)3/h8-9,11,14-15,19H,7,10,12-13H2,1-6H3. The number of benzene rings is 1. The van der Waals surface area contributed by atoms with E-state index in [1.54, 1.807) is 0 Å². The summed E-state index contributed by atoms with van der Waals surface area (Å²) in [5, 5.41) is 3.48. The lowest BCUT2D eigenvalue weighted by atomic mass is 10.1. The van der Waals surface area contributed by atoms with Gasteiger partial charge in [-0.3, -0.25) is 0 Å². The zero-order chi connectivity index (χ0) is 15.1. The highest BCUT2D eigenvalue weighted by Gasteiger charge is 2.13. The molecule has 0 aliphatic heterocycles. The number of rotatable bonds is 8. The fraction of sp³-hybridized carbons (Fsp3) is 0.667. The Hall–Kier alpha value is -1.02. The molecule has 1 aromatic carbocycles. The molecule has 0 unspecified atom stereocenters. The molecule has 0 bridgehead atoms. The van der Waals surface area contributed by atoms with Crippen LogP contribution in [0, 0.1) is 12.8 Å². The molecule has 0 saturated carbocycles. The summed E-state index contributed by atoms with van der Waals surface area (Å²) >= 11 is 0. The second-order valence-electron chi connectivity index (χ2n) is 6.43. The van der Waals surface area contributed by atoms with E-state index in [-0.39, 0.29) is 0 Å². The first kappa shape index (κ1) is 17.0. The maximum absolute atomic E-state index is 3.48. The van der Waals surface area contributed by atoms with E-state index < -0.39 is 0 Å². The molecular formula is C18H32N2. The molecule has 0 aromatic heterocycles. The van der Waals surface area contributed by atoms with E-state index in [0.29, 0.717) is 12.0 Å². The average Bonchev–Trinajstić information content (AvgIpc) is 2.37. The molecule has 0 amide bonds. The molecule has 0 aliphatic carbocycles. The molecule has 0 radical (unpaired) electrons. The molecule has 0 heterocycles. The minimum absolute atomic E-state index is 0.542. The van der Waals surface area contributed by atoms with E-state index in [1.165, 1.54) is 23.2 Å². The summed E-state index contributed by atoms with van der Waals surface area (Å²) in [7, 11) is 0. The second kappa shape index (κ2) is 8.31. The van der Waals surface area contributed by atoms with E-state index >= 15 is 0 Å². The van der Waals surface area contributed by atoms with Crippen LogP contribution in [0.2, 0.25) is 0 Å². The zero-order valence-corrected chi connectivity index (χ0v) is 14.2. The Morgan fingerprint density at radius 1 is 1.15 bits per heavy atom. The van der Waals surface area contributed by atoms with Gasteiger partial charge in [0.2, 0.25) is 0 Å². The van der Waals surface area contributed by atoms with Crippen molar-refractivity contribution in [1.29, 1.82) is 0 Å². The summed E-state index contributed by atoms with van der Waals surface area (Å²) in [6, 6.07) is 7.44. The normalized spacial score (nSPS) is 11.4. The van der Waals surface area contributed by atoms with Crippen molar-refractivity contribution in [2.24, 2.45) is 5.92 Å². The van der Waals surface area contributed by atoms with Gasteiger partial charge in [-0.2, -0.15) is 0 Å². The Morgan fingerprint density at radius 3 is 2.35 bits per heavy atom. The van der Waals surface area contributed by atoms with Crippen molar-refractivity contribution in [2.45, 2.75) is 60.5 Å². The van der Waals surface area contributed by atoms with E-state index in [2.05, 4.69) is 70.0 Å². The molecule has 1 rings (SSSR count). The van der Waals surface area contributed by atoms with Crippen molar-refractivity contribution >= 4 is 5.69 Å². The van der Waals surface area contributed by atoms with Crippen LogP contribution in [0.3, 0.4) is 0 Å². The molecule has 0 spiro atoms. The minimum Gasteiger partial charge on any atom is -0.369 e. The number of nitrogens with zero attached hydrogens (tertiary/aromatic N) is 1. The third kappa shape index (κ3) is 5.16. The molecule has 2 heteroatoms. The third-order valence-electron chi connectivity index (χ3n) is 3.59. The van der Waals surface area contributed by atoms with Crippen LogP contribution in [0.15, 0.2) is 18.2 Å². The summed E-state index contributed by atoms with van der Waals surface area (Å²) in [6.45, 7) is 16.7. The van der Waals surface area contributed by atoms with Crippen molar-refractivity contribution in [3.8, 4) is 0 Å². The van der Waals surface area contributed by atoms with Gasteiger partial charge < -0.3 is 10.2 Å². The van der Waals surface area contributed by atoms with Crippen molar-refractivity contribution in [3.63, 3.8) is 0 Å². The molecule has 20 heavy (non-hydrogen) atoms. The van der Waals surface area contributed by atoms with Gasteiger partial charge in [-0.05, 0) is 62.9 Å². The Bertz CT molecular complexity index is 396. The highest BCUT2D eigenvalue weighted by molar-refractivity contribution is 5.51. The lowest BCUT2D eigenvalue weighted by Crippen LogP contribution is -2.34. The first-order chi connectivity index (χ1) is 9.45. The molecule has 114 valence electrons. The molecule has 1 aromatic rings. The van der Waals surface area contributed by atoms with Gasteiger partial charge in [-0.15, -0.1) is 0 Å².